The fraction of sp³-hybridized carbons (Fsp3) is 0.214. The fourth-order valence-electron chi connectivity index (χ4n) is 1.92. The Hall–Kier alpha value is -2.28. The number of nitriles is 1. The van der Waals surface area contributed by atoms with Crippen molar-refractivity contribution in [3.63, 3.8) is 0 Å². The highest BCUT2D eigenvalue weighted by molar-refractivity contribution is 5.59. The molecule has 1 aliphatic carbocycles. The number of halogens is 1. The van der Waals surface area contributed by atoms with Gasteiger partial charge in [-0.25, -0.2) is 14.4 Å². The van der Waals surface area contributed by atoms with E-state index in [2.05, 4.69) is 16.0 Å². The second kappa shape index (κ2) is 3.88. The molecule has 0 N–H and O–H groups in total. The molecule has 0 radical (unpaired) electrons. The summed E-state index contributed by atoms with van der Waals surface area (Å²) in [5, 5.41) is 9.12. The van der Waals surface area contributed by atoms with E-state index in [0.717, 1.165) is 12.8 Å². The number of benzene rings is 1. The maximum Gasteiger partial charge on any atom is 0.149 e. The van der Waals surface area contributed by atoms with Crippen molar-refractivity contribution in [2.24, 2.45) is 0 Å². The molecule has 4 heteroatoms. The van der Waals surface area contributed by atoms with E-state index in [0.29, 0.717) is 17.1 Å². The number of nitrogens with zero attached hydrogens (tertiary/aromatic N) is 3. The monoisotopic (exact) mass is 239 g/mol. The van der Waals surface area contributed by atoms with E-state index in [9.17, 15) is 4.39 Å². The molecule has 0 bridgehead atoms. The molecule has 3 rings (SSSR count). The highest BCUT2D eigenvalue weighted by atomic mass is 19.1. The van der Waals surface area contributed by atoms with Crippen LogP contribution in [0.2, 0.25) is 0 Å². The Morgan fingerprint density at radius 2 is 2.00 bits per heavy atom. The van der Waals surface area contributed by atoms with Gasteiger partial charge in [0.15, 0.2) is 0 Å². The molecule has 0 atom stereocenters. The lowest BCUT2D eigenvalue weighted by atomic mass is 10.1. The first-order valence-corrected chi connectivity index (χ1v) is 5.75. The molecule has 0 amide bonds. The zero-order chi connectivity index (χ0) is 12.6. The molecule has 1 aliphatic rings. The van der Waals surface area contributed by atoms with E-state index in [-0.39, 0.29) is 5.82 Å². The molecule has 0 saturated heterocycles. The average molecular weight is 239 g/mol. The van der Waals surface area contributed by atoms with E-state index < -0.39 is 5.41 Å². The summed E-state index contributed by atoms with van der Waals surface area (Å²) in [7, 11) is 0. The zero-order valence-corrected chi connectivity index (χ0v) is 9.60. The van der Waals surface area contributed by atoms with Crippen molar-refractivity contribution >= 4 is 0 Å². The van der Waals surface area contributed by atoms with E-state index in [1.54, 1.807) is 30.5 Å². The van der Waals surface area contributed by atoms with Crippen LogP contribution < -0.4 is 0 Å². The summed E-state index contributed by atoms with van der Waals surface area (Å²) in [6.07, 6.45) is 3.15. The fourth-order valence-corrected chi connectivity index (χ4v) is 1.92. The van der Waals surface area contributed by atoms with Gasteiger partial charge in [0.25, 0.3) is 0 Å². The first kappa shape index (κ1) is 10.8. The van der Waals surface area contributed by atoms with Crippen LogP contribution in [0.5, 0.6) is 0 Å². The van der Waals surface area contributed by atoms with Gasteiger partial charge in [-0.1, -0.05) is 12.1 Å². The van der Waals surface area contributed by atoms with Crippen LogP contribution >= 0.6 is 0 Å². The third kappa shape index (κ3) is 1.65. The van der Waals surface area contributed by atoms with Gasteiger partial charge in [0.05, 0.1) is 11.8 Å². The van der Waals surface area contributed by atoms with Crippen LogP contribution in [-0.4, -0.2) is 9.97 Å². The normalized spacial score (nSPS) is 16.0. The molecular weight excluding hydrogens is 229 g/mol. The standard InChI is InChI=1S/C14H10FN3/c15-11-4-2-1-3-10(11)12-5-8-17-13(18-12)14(9-16)6-7-14/h1-5,8H,6-7H2. The van der Waals surface area contributed by atoms with Crippen molar-refractivity contribution in [3.05, 3.63) is 48.2 Å². The highest BCUT2D eigenvalue weighted by Gasteiger charge is 2.47. The van der Waals surface area contributed by atoms with Crippen molar-refractivity contribution in [2.75, 3.05) is 0 Å². The SMILES string of the molecule is N#CC1(c2nccc(-c3ccccc3F)n2)CC1. The van der Waals surface area contributed by atoms with Crippen LogP contribution in [0.3, 0.4) is 0 Å². The lowest BCUT2D eigenvalue weighted by Crippen LogP contribution is -2.09. The second-order valence-electron chi connectivity index (χ2n) is 4.44. The predicted molar refractivity (Wildman–Crippen MR) is 64.0 cm³/mol. The molecule has 88 valence electrons. The molecule has 1 saturated carbocycles. The molecule has 1 fully saturated rings. The van der Waals surface area contributed by atoms with Crippen LogP contribution in [0, 0.1) is 17.1 Å². The number of rotatable bonds is 2. The van der Waals surface area contributed by atoms with Gasteiger partial charge >= 0.3 is 0 Å². The van der Waals surface area contributed by atoms with E-state index in [1.807, 2.05) is 0 Å². The van der Waals surface area contributed by atoms with Gasteiger partial charge in [0.2, 0.25) is 0 Å². The number of hydrogen-bond donors (Lipinski definition) is 0. The minimum atomic E-state index is -0.540. The lowest BCUT2D eigenvalue weighted by molar-refractivity contribution is 0.630. The van der Waals surface area contributed by atoms with Crippen LogP contribution in [0.4, 0.5) is 4.39 Å². The van der Waals surface area contributed by atoms with Gasteiger partial charge in [-0.2, -0.15) is 5.26 Å². The maximum atomic E-state index is 13.7. The third-order valence-corrected chi connectivity index (χ3v) is 3.20. The Labute approximate surface area is 104 Å². The van der Waals surface area contributed by atoms with Crippen LogP contribution in [0.15, 0.2) is 36.5 Å². The van der Waals surface area contributed by atoms with Gasteiger partial charge in [-0.15, -0.1) is 0 Å². The highest BCUT2D eigenvalue weighted by Crippen LogP contribution is 2.46. The Morgan fingerprint density at radius 3 is 2.67 bits per heavy atom. The molecule has 1 heterocycles. The summed E-state index contributed by atoms with van der Waals surface area (Å²) in [5.41, 5.74) is 0.427. The summed E-state index contributed by atoms with van der Waals surface area (Å²) < 4.78 is 13.7. The third-order valence-electron chi connectivity index (χ3n) is 3.20. The van der Waals surface area contributed by atoms with Crippen LogP contribution in [0.25, 0.3) is 11.3 Å². The van der Waals surface area contributed by atoms with Crippen molar-refractivity contribution in [2.45, 2.75) is 18.3 Å². The first-order chi connectivity index (χ1) is 8.75. The second-order valence-corrected chi connectivity index (χ2v) is 4.44. The molecule has 1 aromatic heterocycles. The first-order valence-electron chi connectivity index (χ1n) is 5.75. The average Bonchev–Trinajstić information content (AvgIpc) is 3.20. The van der Waals surface area contributed by atoms with Crippen LogP contribution in [-0.2, 0) is 5.41 Å². The van der Waals surface area contributed by atoms with E-state index in [1.165, 1.54) is 6.07 Å². The lowest BCUT2D eigenvalue weighted by Gasteiger charge is -2.07. The summed E-state index contributed by atoms with van der Waals surface area (Å²) in [4.78, 5) is 8.48. The van der Waals surface area contributed by atoms with Crippen molar-refractivity contribution < 1.29 is 4.39 Å². The summed E-state index contributed by atoms with van der Waals surface area (Å²) in [6.45, 7) is 0. The molecule has 0 unspecified atom stereocenters. The Kier molecular flexibility index (Phi) is 2.34. The Bertz CT molecular complexity index is 641. The molecule has 0 aliphatic heterocycles. The topological polar surface area (TPSA) is 49.6 Å². The zero-order valence-electron chi connectivity index (χ0n) is 9.60. The molecule has 1 aromatic carbocycles. The number of hydrogen-bond acceptors (Lipinski definition) is 3. The van der Waals surface area contributed by atoms with E-state index in [4.69, 9.17) is 5.26 Å². The van der Waals surface area contributed by atoms with Gasteiger partial charge in [-0.3, -0.25) is 0 Å². The van der Waals surface area contributed by atoms with Gasteiger partial charge in [-0.05, 0) is 31.0 Å². The summed E-state index contributed by atoms with van der Waals surface area (Å²) >= 11 is 0. The molecule has 2 aromatic rings. The minimum Gasteiger partial charge on any atom is -0.240 e. The van der Waals surface area contributed by atoms with Crippen LogP contribution in [0.1, 0.15) is 18.7 Å². The van der Waals surface area contributed by atoms with Gasteiger partial charge < -0.3 is 0 Å². The quantitative estimate of drug-likeness (QED) is 0.809. The Morgan fingerprint density at radius 1 is 1.22 bits per heavy atom. The molecule has 3 nitrogen and oxygen atoms in total. The van der Waals surface area contributed by atoms with E-state index >= 15 is 0 Å². The minimum absolute atomic E-state index is 0.316. The summed E-state index contributed by atoms with van der Waals surface area (Å²) in [6, 6.07) is 10.4. The molecular formula is C14H10FN3. The molecule has 0 spiro atoms. The molecule has 18 heavy (non-hydrogen) atoms. The number of aromatic nitrogens is 2. The maximum absolute atomic E-state index is 13.7. The van der Waals surface area contributed by atoms with Crippen molar-refractivity contribution in [1.82, 2.24) is 9.97 Å². The van der Waals surface area contributed by atoms with Crippen molar-refractivity contribution in [3.8, 4) is 17.3 Å². The largest absolute Gasteiger partial charge is 0.240 e. The van der Waals surface area contributed by atoms with Gasteiger partial charge in [0.1, 0.15) is 17.1 Å². The predicted octanol–water partition coefficient (Wildman–Crippen LogP) is 2.84. The summed E-state index contributed by atoms with van der Waals surface area (Å²) in [5.74, 6) is 0.190. The Balaban J connectivity index is 2.08. The van der Waals surface area contributed by atoms with Crippen molar-refractivity contribution in [1.29, 1.82) is 5.26 Å². The van der Waals surface area contributed by atoms with Gasteiger partial charge in [0, 0.05) is 11.8 Å². The smallest absolute Gasteiger partial charge is 0.149 e.